The number of carbonyl (C=O) groups excluding carboxylic acids is 1. The number of hydrogen-bond acceptors (Lipinski definition) is 7. The van der Waals surface area contributed by atoms with Crippen molar-refractivity contribution in [2.24, 2.45) is 0 Å². The Balaban J connectivity index is 1.29. The quantitative estimate of drug-likeness (QED) is 0.199. The Labute approximate surface area is 269 Å². The molecule has 0 saturated carbocycles. The summed E-state index contributed by atoms with van der Waals surface area (Å²) in [6, 6.07) is 24.8. The van der Waals surface area contributed by atoms with Gasteiger partial charge in [-0.05, 0) is 74.7 Å². The lowest BCUT2D eigenvalue weighted by Crippen LogP contribution is -2.36. The van der Waals surface area contributed by atoms with Gasteiger partial charge in [-0.3, -0.25) is 4.79 Å². The fraction of sp³-hybridized carbons (Fsp3) is 0.278. The van der Waals surface area contributed by atoms with Crippen LogP contribution < -0.4 is 14.8 Å². The SMILES string of the molecule is CC(C)(C)S(=O)N1Cc2cc(C(=O)NCc3ccc4c(c3)OCO4)nc(-c3cccc(-c4cc5ccccc5o4)c3)c2[C@@H]1CCO. The van der Waals surface area contributed by atoms with E-state index in [0.29, 0.717) is 30.2 Å². The number of aliphatic hydroxyl groups is 1. The summed E-state index contributed by atoms with van der Waals surface area (Å²) in [4.78, 5) is 18.6. The van der Waals surface area contributed by atoms with Gasteiger partial charge in [0.05, 0.1) is 16.5 Å². The van der Waals surface area contributed by atoms with Crippen molar-refractivity contribution in [1.82, 2.24) is 14.6 Å². The van der Waals surface area contributed by atoms with E-state index in [2.05, 4.69) is 5.32 Å². The van der Waals surface area contributed by atoms with E-state index in [4.69, 9.17) is 18.9 Å². The van der Waals surface area contributed by atoms with Gasteiger partial charge in [0.25, 0.3) is 5.91 Å². The fourth-order valence-electron chi connectivity index (χ4n) is 6.07. The zero-order valence-electron chi connectivity index (χ0n) is 25.9. The molecule has 9 nitrogen and oxygen atoms in total. The van der Waals surface area contributed by atoms with Crippen LogP contribution >= 0.6 is 0 Å². The van der Waals surface area contributed by atoms with Gasteiger partial charge in [-0.2, -0.15) is 0 Å². The predicted molar refractivity (Wildman–Crippen MR) is 176 cm³/mol. The molecule has 2 aliphatic rings. The molecule has 3 aromatic carbocycles. The van der Waals surface area contributed by atoms with E-state index in [9.17, 15) is 14.1 Å². The highest BCUT2D eigenvalue weighted by Gasteiger charge is 2.40. The number of hydrogen-bond donors (Lipinski definition) is 2. The summed E-state index contributed by atoms with van der Waals surface area (Å²) >= 11 is 0. The van der Waals surface area contributed by atoms with Crippen molar-refractivity contribution in [3.05, 3.63) is 101 Å². The minimum absolute atomic E-state index is 0.0851. The molecule has 0 aliphatic carbocycles. The Bertz CT molecular complexity index is 1950. The molecule has 0 radical (unpaired) electrons. The maximum atomic E-state index is 13.8. The molecule has 2 atom stereocenters. The molecule has 5 aromatic rings. The predicted octanol–water partition coefficient (Wildman–Crippen LogP) is 6.52. The first-order valence-corrected chi connectivity index (χ1v) is 16.4. The average Bonchev–Trinajstić information content (AvgIpc) is 3.79. The van der Waals surface area contributed by atoms with Crippen LogP contribution in [0, 0.1) is 0 Å². The molecule has 236 valence electrons. The molecular weight excluding hydrogens is 602 g/mol. The van der Waals surface area contributed by atoms with E-state index >= 15 is 0 Å². The van der Waals surface area contributed by atoms with Crippen LogP contribution in [0.5, 0.6) is 11.5 Å². The molecule has 0 bridgehead atoms. The molecule has 0 spiro atoms. The normalized spacial score (nSPS) is 16.5. The average molecular weight is 638 g/mol. The number of benzene rings is 3. The molecular formula is C36H35N3O6S. The van der Waals surface area contributed by atoms with Crippen LogP contribution in [0.4, 0.5) is 0 Å². The second-order valence-electron chi connectivity index (χ2n) is 12.5. The fourth-order valence-corrected chi connectivity index (χ4v) is 7.48. The first-order chi connectivity index (χ1) is 22.2. The van der Waals surface area contributed by atoms with E-state index < -0.39 is 15.7 Å². The van der Waals surface area contributed by atoms with Gasteiger partial charge < -0.3 is 24.3 Å². The summed E-state index contributed by atoms with van der Waals surface area (Å²) in [7, 11) is -1.37. The maximum absolute atomic E-state index is 13.8. The number of carbonyl (C=O) groups is 1. The Hall–Kier alpha value is -4.51. The number of para-hydroxylation sites is 1. The van der Waals surface area contributed by atoms with Crippen molar-refractivity contribution < 1.29 is 28.0 Å². The van der Waals surface area contributed by atoms with Crippen LogP contribution in [-0.2, 0) is 24.1 Å². The van der Waals surface area contributed by atoms with E-state index in [1.165, 1.54) is 0 Å². The van der Waals surface area contributed by atoms with Gasteiger partial charge in [0.2, 0.25) is 6.79 Å². The molecule has 10 heteroatoms. The Morgan fingerprint density at radius 3 is 2.61 bits per heavy atom. The van der Waals surface area contributed by atoms with Crippen molar-refractivity contribution in [3.63, 3.8) is 0 Å². The number of furan rings is 1. The number of amides is 1. The summed E-state index contributed by atoms with van der Waals surface area (Å²) in [6.45, 7) is 6.55. The van der Waals surface area contributed by atoms with E-state index in [-0.39, 0.29) is 37.6 Å². The van der Waals surface area contributed by atoms with Gasteiger partial charge in [-0.25, -0.2) is 13.5 Å². The van der Waals surface area contributed by atoms with Gasteiger partial charge in [-0.15, -0.1) is 0 Å². The van der Waals surface area contributed by atoms with E-state index in [0.717, 1.165) is 44.5 Å². The van der Waals surface area contributed by atoms with E-state index in [1.54, 1.807) is 6.07 Å². The third kappa shape index (κ3) is 5.68. The smallest absolute Gasteiger partial charge is 0.270 e. The second kappa shape index (κ2) is 12.0. The van der Waals surface area contributed by atoms with Crippen molar-refractivity contribution >= 4 is 27.9 Å². The number of aromatic nitrogens is 1. The zero-order valence-corrected chi connectivity index (χ0v) is 26.7. The number of fused-ring (bicyclic) bond motifs is 3. The Kier molecular flexibility index (Phi) is 7.88. The van der Waals surface area contributed by atoms with Gasteiger partial charge >= 0.3 is 0 Å². The van der Waals surface area contributed by atoms with Gasteiger partial charge in [0.15, 0.2) is 11.5 Å². The van der Waals surface area contributed by atoms with Gasteiger partial charge in [0, 0.05) is 41.8 Å². The summed E-state index contributed by atoms with van der Waals surface area (Å²) in [5.74, 6) is 1.72. The summed E-state index contributed by atoms with van der Waals surface area (Å²) in [5.41, 5.74) is 5.95. The van der Waals surface area contributed by atoms with Crippen molar-refractivity contribution in [1.29, 1.82) is 0 Å². The van der Waals surface area contributed by atoms with E-state index in [1.807, 2.05) is 97.9 Å². The van der Waals surface area contributed by atoms with Gasteiger partial charge in [-0.1, -0.05) is 42.5 Å². The Morgan fingerprint density at radius 1 is 1.00 bits per heavy atom. The first-order valence-electron chi connectivity index (χ1n) is 15.3. The lowest BCUT2D eigenvalue weighted by Gasteiger charge is -2.30. The highest BCUT2D eigenvalue weighted by atomic mass is 32.2. The largest absolute Gasteiger partial charge is 0.456 e. The van der Waals surface area contributed by atoms with Crippen molar-refractivity contribution in [3.8, 4) is 34.1 Å². The van der Waals surface area contributed by atoms with Crippen LogP contribution in [-0.4, -0.2) is 42.7 Å². The monoisotopic (exact) mass is 637 g/mol. The maximum Gasteiger partial charge on any atom is 0.270 e. The highest BCUT2D eigenvalue weighted by Crippen LogP contribution is 2.44. The standard InChI is InChI=1S/C36H35N3O6S/c1-36(2,3)46(42)39-20-26-17-27(35(41)37-19-22-11-12-30-32(15-22)44-21-43-30)38-34(33(26)28(39)13-14-40)25-9-6-8-23(16-25)31-18-24-7-4-5-10-29(24)45-31/h4-12,15-18,28,40H,13-14,19-21H2,1-3H3,(H,37,41)/t28-,46?/m0/s1. The number of nitrogens with one attached hydrogen (secondary N) is 1. The number of nitrogens with zero attached hydrogens (tertiary/aromatic N) is 2. The molecule has 0 fully saturated rings. The highest BCUT2D eigenvalue weighted by molar-refractivity contribution is 7.84. The summed E-state index contributed by atoms with van der Waals surface area (Å²) in [5, 5.41) is 14.1. The summed E-state index contributed by atoms with van der Waals surface area (Å²) < 4.78 is 32.2. The molecule has 2 aromatic heterocycles. The molecule has 0 saturated heterocycles. The zero-order chi connectivity index (χ0) is 32.0. The molecule has 1 amide bonds. The van der Waals surface area contributed by atoms with Crippen LogP contribution in [0.25, 0.3) is 33.6 Å². The third-order valence-corrected chi connectivity index (χ3v) is 10.1. The number of aliphatic hydroxyl groups excluding tert-OH is 1. The second-order valence-corrected chi connectivity index (χ2v) is 14.7. The molecule has 2 aliphatic heterocycles. The lowest BCUT2D eigenvalue weighted by molar-refractivity contribution is 0.0945. The third-order valence-electron chi connectivity index (χ3n) is 8.26. The minimum atomic E-state index is -1.37. The topological polar surface area (TPSA) is 114 Å². The number of rotatable bonds is 8. The molecule has 46 heavy (non-hydrogen) atoms. The van der Waals surface area contributed by atoms with Gasteiger partial charge in [0.1, 0.15) is 28.0 Å². The van der Waals surface area contributed by atoms with Crippen LogP contribution in [0.2, 0.25) is 0 Å². The molecule has 7 rings (SSSR count). The molecule has 2 N–H and O–H groups in total. The van der Waals surface area contributed by atoms with Crippen LogP contribution in [0.15, 0.2) is 83.3 Å². The summed E-state index contributed by atoms with van der Waals surface area (Å²) in [6.07, 6.45) is 0.377. The van der Waals surface area contributed by atoms with Crippen molar-refractivity contribution in [2.75, 3.05) is 13.4 Å². The lowest BCUT2D eigenvalue weighted by atomic mass is 9.95. The number of ether oxygens (including phenoxy) is 2. The first kappa shape index (κ1) is 30.2. The van der Waals surface area contributed by atoms with Crippen LogP contribution in [0.1, 0.15) is 60.4 Å². The molecule has 1 unspecified atom stereocenters. The van der Waals surface area contributed by atoms with Crippen molar-refractivity contribution in [2.45, 2.75) is 51.1 Å². The minimum Gasteiger partial charge on any atom is -0.456 e. The van der Waals surface area contributed by atoms with Crippen LogP contribution in [0.3, 0.4) is 0 Å². The molecule has 4 heterocycles. The number of pyridine rings is 1. The Morgan fingerprint density at radius 2 is 1.80 bits per heavy atom.